The molecule has 8 heteroatoms. The number of H-pyrrole nitrogens is 1. The quantitative estimate of drug-likeness (QED) is 0.840. The highest BCUT2D eigenvalue weighted by atomic mass is 32.2. The Kier molecular flexibility index (Phi) is 3.48. The molecule has 0 radical (unpaired) electrons. The number of amides is 2. The van der Waals surface area contributed by atoms with Crippen LogP contribution in [0.4, 0.5) is 10.5 Å². The third kappa shape index (κ3) is 2.50. The molecular weight excluding hydrogens is 318 g/mol. The maximum absolute atomic E-state index is 12.6. The average Bonchev–Trinajstić information content (AvgIpc) is 2.82. The SMILES string of the molecule is Cc1cc(C(=O)CN2C(=O)Nc3ccccc3S2(=O)=O)c(C)[nH]1. The molecule has 120 valence electrons. The van der Waals surface area contributed by atoms with Crippen LogP contribution in [-0.2, 0) is 10.0 Å². The topological polar surface area (TPSA) is 99.3 Å². The lowest BCUT2D eigenvalue weighted by Crippen LogP contribution is -2.46. The summed E-state index contributed by atoms with van der Waals surface area (Å²) in [6.45, 7) is 2.98. The van der Waals surface area contributed by atoms with Crippen LogP contribution in [0.25, 0.3) is 0 Å². The molecule has 1 aromatic carbocycles. The number of carbonyl (C=O) groups is 2. The maximum Gasteiger partial charge on any atom is 0.336 e. The van der Waals surface area contributed by atoms with Gasteiger partial charge in [-0.2, -0.15) is 0 Å². The van der Waals surface area contributed by atoms with Crippen LogP contribution in [0.15, 0.2) is 35.2 Å². The second kappa shape index (κ2) is 5.24. The van der Waals surface area contributed by atoms with E-state index in [4.69, 9.17) is 0 Å². The van der Waals surface area contributed by atoms with Crippen LogP contribution in [-0.4, -0.2) is 36.1 Å². The Morgan fingerprint density at radius 1 is 1.22 bits per heavy atom. The smallest absolute Gasteiger partial charge is 0.336 e. The number of aryl methyl sites for hydroxylation is 2. The van der Waals surface area contributed by atoms with Crippen molar-refractivity contribution in [3.8, 4) is 0 Å². The lowest BCUT2D eigenvalue weighted by atomic mass is 10.1. The van der Waals surface area contributed by atoms with Gasteiger partial charge in [0, 0.05) is 17.0 Å². The first-order valence-corrected chi connectivity index (χ1v) is 8.37. The van der Waals surface area contributed by atoms with Crippen LogP contribution in [0.5, 0.6) is 0 Å². The summed E-state index contributed by atoms with van der Waals surface area (Å²) in [4.78, 5) is 27.5. The summed E-state index contributed by atoms with van der Waals surface area (Å²) >= 11 is 0. The van der Waals surface area contributed by atoms with Gasteiger partial charge in [0.2, 0.25) is 0 Å². The van der Waals surface area contributed by atoms with Crippen LogP contribution in [0.1, 0.15) is 21.7 Å². The van der Waals surface area contributed by atoms with Gasteiger partial charge in [0.1, 0.15) is 11.4 Å². The molecule has 0 unspecified atom stereocenters. The monoisotopic (exact) mass is 333 g/mol. The fourth-order valence-corrected chi connectivity index (χ4v) is 4.02. The number of anilines is 1. The molecule has 2 N–H and O–H groups in total. The first kappa shape index (κ1) is 15.3. The minimum atomic E-state index is -4.05. The summed E-state index contributed by atoms with van der Waals surface area (Å²) in [5, 5.41) is 2.49. The average molecular weight is 333 g/mol. The molecule has 0 saturated heterocycles. The predicted molar refractivity (Wildman–Crippen MR) is 83.9 cm³/mol. The molecule has 1 aromatic heterocycles. The standard InChI is InChI=1S/C15H15N3O4S/c1-9-7-11(10(2)16-9)13(19)8-18-15(20)17-12-5-3-4-6-14(12)23(18,21)22/h3-7,16H,8H2,1-2H3,(H,17,20). The number of nitrogens with zero attached hydrogens (tertiary/aromatic N) is 1. The van der Waals surface area contributed by atoms with Crippen molar-refractivity contribution in [2.75, 3.05) is 11.9 Å². The Bertz CT molecular complexity index is 915. The number of Topliss-reactive ketones (excluding diaryl/α,β-unsaturated/α-hetero) is 1. The molecule has 0 bridgehead atoms. The predicted octanol–water partition coefficient (Wildman–Crippen LogP) is 2.05. The zero-order valence-electron chi connectivity index (χ0n) is 12.6. The molecule has 1 aliphatic rings. The summed E-state index contributed by atoms with van der Waals surface area (Å²) in [7, 11) is -4.05. The number of hydrogen-bond acceptors (Lipinski definition) is 4. The van der Waals surface area contributed by atoms with Crippen LogP contribution in [0.2, 0.25) is 0 Å². The van der Waals surface area contributed by atoms with Crippen molar-refractivity contribution in [3.63, 3.8) is 0 Å². The Morgan fingerprint density at radius 3 is 2.57 bits per heavy atom. The summed E-state index contributed by atoms with van der Waals surface area (Å²) in [5.41, 5.74) is 2.03. The van der Waals surface area contributed by atoms with Crippen LogP contribution in [0, 0.1) is 13.8 Å². The van der Waals surface area contributed by atoms with E-state index in [2.05, 4.69) is 10.3 Å². The van der Waals surface area contributed by atoms with E-state index in [0.717, 1.165) is 5.69 Å². The van der Waals surface area contributed by atoms with Crippen LogP contribution in [0.3, 0.4) is 0 Å². The van der Waals surface area contributed by atoms with E-state index in [-0.39, 0.29) is 10.6 Å². The number of ketones is 1. The molecular formula is C15H15N3O4S. The van der Waals surface area contributed by atoms with Crippen molar-refractivity contribution < 1.29 is 18.0 Å². The highest BCUT2D eigenvalue weighted by Gasteiger charge is 2.37. The van der Waals surface area contributed by atoms with Gasteiger partial charge in [-0.3, -0.25) is 4.79 Å². The number of fused-ring (bicyclic) bond motifs is 1. The molecule has 1 aliphatic heterocycles. The molecule has 0 aliphatic carbocycles. The number of hydrogen-bond donors (Lipinski definition) is 2. The van der Waals surface area contributed by atoms with E-state index in [9.17, 15) is 18.0 Å². The molecule has 23 heavy (non-hydrogen) atoms. The first-order valence-electron chi connectivity index (χ1n) is 6.93. The molecule has 0 saturated carbocycles. The number of nitrogens with one attached hydrogen (secondary N) is 2. The van der Waals surface area contributed by atoms with Crippen molar-refractivity contribution >= 4 is 27.5 Å². The fraction of sp³-hybridized carbons (Fsp3) is 0.200. The Labute approximate surface area is 133 Å². The normalized spacial score (nSPS) is 15.9. The van der Waals surface area contributed by atoms with Gasteiger partial charge in [-0.1, -0.05) is 12.1 Å². The van der Waals surface area contributed by atoms with Crippen LogP contribution < -0.4 is 5.32 Å². The van der Waals surface area contributed by atoms with Crippen molar-refractivity contribution in [2.45, 2.75) is 18.7 Å². The van der Waals surface area contributed by atoms with Gasteiger partial charge in [-0.25, -0.2) is 17.5 Å². The van der Waals surface area contributed by atoms with E-state index >= 15 is 0 Å². The molecule has 2 amide bonds. The minimum Gasteiger partial charge on any atom is -0.362 e. The van der Waals surface area contributed by atoms with Gasteiger partial charge in [0.05, 0.1) is 5.69 Å². The molecule has 3 rings (SSSR count). The summed E-state index contributed by atoms with van der Waals surface area (Å²) < 4.78 is 25.7. The van der Waals surface area contributed by atoms with Gasteiger partial charge in [0.15, 0.2) is 5.78 Å². The van der Waals surface area contributed by atoms with E-state index in [1.807, 2.05) is 0 Å². The number of rotatable bonds is 3. The number of aromatic amines is 1. The van der Waals surface area contributed by atoms with E-state index in [0.29, 0.717) is 15.6 Å². The molecule has 2 heterocycles. The van der Waals surface area contributed by atoms with Gasteiger partial charge < -0.3 is 10.3 Å². The molecule has 2 aromatic rings. The minimum absolute atomic E-state index is 0.0191. The van der Waals surface area contributed by atoms with Crippen molar-refractivity contribution in [1.82, 2.24) is 9.29 Å². The van der Waals surface area contributed by atoms with Gasteiger partial charge in [0.25, 0.3) is 10.0 Å². The highest BCUT2D eigenvalue weighted by Crippen LogP contribution is 2.29. The Hall–Kier alpha value is -2.61. The molecule has 0 spiro atoms. The van der Waals surface area contributed by atoms with Gasteiger partial charge >= 0.3 is 6.03 Å². The largest absolute Gasteiger partial charge is 0.362 e. The Morgan fingerprint density at radius 2 is 1.91 bits per heavy atom. The number of sulfonamides is 1. The lowest BCUT2D eigenvalue weighted by Gasteiger charge is -2.28. The molecule has 0 atom stereocenters. The van der Waals surface area contributed by atoms with Gasteiger partial charge in [-0.15, -0.1) is 0 Å². The number of benzene rings is 1. The lowest BCUT2D eigenvalue weighted by molar-refractivity contribution is 0.0972. The Balaban J connectivity index is 1.96. The third-order valence-electron chi connectivity index (χ3n) is 3.66. The maximum atomic E-state index is 12.6. The number of carbonyl (C=O) groups excluding carboxylic acids is 2. The van der Waals surface area contributed by atoms with E-state index in [1.165, 1.54) is 12.1 Å². The van der Waals surface area contributed by atoms with Crippen LogP contribution >= 0.6 is 0 Å². The molecule has 7 nitrogen and oxygen atoms in total. The summed E-state index contributed by atoms with van der Waals surface area (Å²) in [6, 6.07) is 6.90. The second-order valence-electron chi connectivity index (χ2n) is 5.35. The third-order valence-corrected chi connectivity index (χ3v) is 5.45. The van der Waals surface area contributed by atoms with Crippen molar-refractivity contribution in [3.05, 3.63) is 47.3 Å². The number of aromatic nitrogens is 1. The number of urea groups is 1. The van der Waals surface area contributed by atoms with E-state index < -0.39 is 28.4 Å². The summed E-state index contributed by atoms with van der Waals surface area (Å²) in [5.74, 6) is -0.440. The second-order valence-corrected chi connectivity index (χ2v) is 7.18. The van der Waals surface area contributed by atoms with Crippen molar-refractivity contribution in [1.29, 1.82) is 0 Å². The number of para-hydroxylation sites is 1. The zero-order valence-corrected chi connectivity index (χ0v) is 13.4. The summed E-state index contributed by atoms with van der Waals surface area (Å²) in [6.07, 6.45) is 0. The first-order chi connectivity index (χ1) is 10.8. The molecule has 0 fully saturated rings. The van der Waals surface area contributed by atoms with Gasteiger partial charge in [-0.05, 0) is 32.0 Å². The fourth-order valence-electron chi connectivity index (χ4n) is 2.59. The van der Waals surface area contributed by atoms with Crippen molar-refractivity contribution in [2.24, 2.45) is 0 Å². The highest BCUT2D eigenvalue weighted by molar-refractivity contribution is 7.90. The van der Waals surface area contributed by atoms with E-state index in [1.54, 1.807) is 32.0 Å². The zero-order chi connectivity index (χ0) is 16.8.